The molecule has 0 saturated heterocycles. The summed E-state index contributed by atoms with van der Waals surface area (Å²) in [4.78, 5) is 0. The summed E-state index contributed by atoms with van der Waals surface area (Å²) < 4.78 is 6.25. The Kier molecular flexibility index (Phi) is 4.87. The van der Waals surface area contributed by atoms with E-state index < -0.39 is 0 Å². The summed E-state index contributed by atoms with van der Waals surface area (Å²) in [5, 5.41) is 4.79. The van der Waals surface area contributed by atoms with Crippen molar-refractivity contribution in [2.75, 3.05) is 6.54 Å². The standard InChI is InChI=1S/C18H27NO/c1-6-11-19-14(5)17-13(4)16-10-8-9-15(12(3)7-2)18(16)20-17/h8-10,12,14,19H,6-7,11H2,1-5H3. The van der Waals surface area contributed by atoms with Crippen LogP contribution in [0.1, 0.15) is 69.4 Å². The molecular weight excluding hydrogens is 246 g/mol. The Balaban J connectivity index is 2.46. The molecule has 2 unspecified atom stereocenters. The first kappa shape index (κ1) is 15.1. The van der Waals surface area contributed by atoms with E-state index in [4.69, 9.17) is 4.42 Å². The van der Waals surface area contributed by atoms with Gasteiger partial charge in [-0.25, -0.2) is 0 Å². The average molecular weight is 273 g/mol. The van der Waals surface area contributed by atoms with Crippen molar-refractivity contribution in [3.8, 4) is 0 Å². The van der Waals surface area contributed by atoms with Gasteiger partial charge in [-0.1, -0.05) is 39.0 Å². The van der Waals surface area contributed by atoms with Gasteiger partial charge in [0.2, 0.25) is 0 Å². The van der Waals surface area contributed by atoms with Crippen molar-refractivity contribution in [1.29, 1.82) is 0 Å². The number of aryl methyl sites for hydroxylation is 1. The highest BCUT2D eigenvalue weighted by Gasteiger charge is 2.19. The van der Waals surface area contributed by atoms with Crippen LogP contribution in [0, 0.1) is 6.92 Å². The number of nitrogens with one attached hydrogen (secondary N) is 1. The van der Waals surface area contributed by atoms with Crippen molar-refractivity contribution in [3.05, 3.63) is 35.1 Å². The third-order valence-corrected chi connectivity index (χ3v) is 4.27. The van der Waals surface area contributed by atoms with Crippen molar-refractivity contribution in [1.82, 2.24) is 5.32 Å². The summed E-state index contributed by atoms with van der Waals surface area (Å²) >= 11 is 0. The smallest absolute Gasteiger partial charge is 0.138 e. The van der Waals surface area contributed by atoms with Crippen LogP contribution in [0.3, 0.4) is 0 Å². The van der Waals surface area contributed by atoms with Crippen molar-refractivity contribution in [2.24, 2.45) is 0 Å². The van der Waals surface area contributed by atoms with Gasteiger partial charge in [0.15, 0.2) is 0 Å². The zero-order valence-corrected chi connectivity index (χ0v) is 13.4. The van der Waals surface area contributed by atoms with Crippen LogP contribution >= 0.6 is 0 Å². The summed E-state index contributed by atoms with van der Waals surface area (Å²) in [5.74, 6) is 1.63. The van der Waals surface area contributed by atoms with E-state index in [2.05, 4.69) is 58.1 Å². The van der Waals surface area contributed by atoms with Gasteiger partial charge < -0.3 is 9.73 Å². The van der Waals surface area contributed by atoms with Crippen molar-refractivity contribution in [3.63, 3.8) is 0 Å². The predicted molar refractivity (Wildman–Crippen MR) is 86.4 cm³/mol. The fraction of sp³-hybridized carbons (Fsp3) is 0.556. The van der Waals surface area contributed by atoms with Gasteiger partial charge in [0.05, 0.1) is 6.04 Å². The van der Waals surface area contributed by atoms with Crippen LogP contribution in [0.15, 0.2) is 22.6 Å². The number of rotatable bonds is 6. The molecule has 2 nitrogen and oxygen atoms in total. The van der Waals surface area contributed by atoms with Crippen molar-refractivity contribution >= 4 is 11.0 Å². The fourth-order valence-electron chi connectivity index (χ4n) is 2.76. The number of benzene rings is 1. The number of para-hydroxylation sites is 1. The average Bonchev–Trinajstić information content (AvgIpc) is 2.81. The number of fused-ring (bicyclic) bond motifs is 1. The maximum atomic E-state index is 6.25. The predicted octanol–water partition coefficient (Wildman–Crippen LogP) is 5.32. The van der Waals surface area contributed by atoms with Gasteiger partial charge in [0.1, 0.15) is 11.3 Å². The SMILES string of the molecule is CCCNC(C)c1oc2c(C(C)CC)cccc2c1C. The maximum absolute atomic E-state index is 6.25. The number of furan rings is 1. The van der Waals surface area contributed by atoms with Gasteiger partial charge in [-0.15, -0.1) is 0 Å². The first-order valence-corrected chi connectivity index (χ1v) is 7.85. The molecule has 0 fully saturated rings. The summed E-state index contributed by atoms with van der Waals surface area (Å²) in [6, 6.07) is 6.80. The molecule has 2 atom stereocenters. The molecule has 2 heteroatoms. The topological polar surface area (TPSA) is 25.2 Å². The lowest BCUT2D eigenvalue weighted by atomic mass is 9.96. The van der Waals surface area contributed by atoms with Crippen molar-refractivity contribution < 1.29 is 4.42 Å². The summed E-state index contributed by atoms with van der Waals surface area (Å²) in [6.45, 7) is 12.1. The van der Waals surface area contributed by atoms with Crippen LogP contribution < -0.4 is 5.32 Å². The molecule has 0 bridgehead atoms. The summed E-state index contributed by atoms with van der Waals surface area (Å²) in [7, 11) is 0. The Bertz CT molecular complexity index is 570. The zero-order valence-electron chi connectivity index (χ0n) is 13.4. The second-order valence-corrected chi connectivity index (χ2v) is 5.80. The van der Waals surface area contributed by atoms with Gasteiger partial charge in [-0.2, -0.15) is 0 Å². The molecule has 2 aromatic rings. The third kappa shape index (κ3) is 2.76. The van der Waals surface area contributed by atoms with E-state index >= 15 is 0 Å². The minimum atomic E-state index is 0.270. The lowest BCUT2D eigenvalue weighted by molar-refractivity contribution is 0.446. The Morgan fingerprint density at radius 3 is 2.60 bits per heavy atom. The number of hydrogen-bond acceptors (Lipinski definition) is 2. The van der Waals surface area contributed by atoms with Crippen LogP contribution in [0.4, 0.5) is 0 Å². The fourth-order valence-corrected chi connectivity index (χ4v) is 2.76. The van der Waals surface area contributed by atoms with Crippen LogP contribution in [0.25, 0.3) is 11.0 Å². The molecule has 1 aromatic heterocycles. The molecule has 0 amide bonds. The molecule has 0 aliphatic carbocycles. The monoisotopic (exact) mass is 273 g/mol. The Morgan fingerprint density at radius 2 is 1.95 bits per heavy atom. The van der Waals surface area contributed by atoms with Gasteiger partial charge in [-0.05, 0) is 50.3 Å². The largest absolute Gasteiger partial charge is 0.459 e. The minimum absolute atomic E-state index is 0.270. The maximum Gasteiger partial charge on any atom is 0.138 e. The highest BCUT2D eigenvalue weighted by atomic mass is 16.3. The van der Waals surface area contributed by atoms with Gasteiger partial charge >= 0.3 is 0 Å². The van der Waals surface area contributed by atoms with E-state index in [1.165, 1.54) is 16.5 Å². The Morgan fingerprint density at radius 1 is 1.20 bits per heavy atom. The minimum Gasteiger partial charge on any atom is -0.459 e. The molecule has 1 heterocycles. The molecule has 1 aromatic carbocycles. The molecule has 1 N–H and O–H groups in total. The van der Waals surface area contributed by atoms with E-state index in [9.17, 15) is 0 Å². The van der Waals surface area contributed by atoms with E-state index in [1.54, 1.807) is 0 Å². The van der Waals surface area contributed by atoms with Crippen LogP contribution in [-0.2, 0) is 0 Å². The van der Waals surface area contributed by atoms with Crippen LogP contribution in [0.5, 0.6) is 0 Å². The zero-order chi connectivity index (χ0) is 14.7. The lowest BCUT2D eigenvalue weighted by Gasteiger charge is -2.11. The Hall–Kier alpha value is -1.28. The third-order valence-electron chi connectivity index (χ3n) is 4.27. The normalized spacial score (nSPS) is 14.7. The molecular formula is C18H27NO. The molecule has 0 radical (unpaired) electrons. The van der Waals surface area contributed by atoms with E-state index in [0.29, 0.717) is 5.92 Å². The molecule has 0 aliphatic heterocycles. The van der Waals surface area contributed by atoms with E-state index in [0.717, 1.165) is 30.7 Å². The molecule has 0 saturated carbocycles. The van der Waals surface area contributed by atoms with Gasteiger partial charge in [0.25, 0.3) is 0 Å². The van der Waals surface area contributed by atoms with Gasteiger partial charge in [0, 0.05) is 5.39 Å². The Labute approximate surface area is 122 Å². The lowest BCUT2D eigenvalue weighted by Crippen LogP contribution is -2.19. The summed E-state index contributed by atoms with van der Waals surface area (Å²) in [5.41, 5.74) is 3.70. The second kappa shape index (κ2) is 6.45. The van der Waals surface area contributed by atoms with Crippen LogP contribution in [0.2, 0.25) is 0 Å². The quantitative estimate of drug-likeness (QED) is 0.771. The molecule has 20 heavy (non-hydrogen) atoms. The van der Waals surface area contributed by atoms with E-state index in [1.807, 2.05) is 0 Å². The van der Waals surface area contributed by atoms with Crippen LogP contribution in [-0.4, -0.2) is 6.54 Å². The molecule has 0 spiro atoms. The highest BCUT2D eigenvalue weighted by molar-refractivity contribution is 5.85. The second-order valence-electron chi connectivity index (χ2n) is 5.80. The molecule has 2 rings (SSSR count). The first-order valence-electron chi connectivity index (χ1n) is 7.85. The van der Waals surface area contributed by atoms with E-state index in [-0.39, 0.29) is 6.04 Å². The molecule has 0 aliphatic rings. The highest BCUT2D eigenvalue weighted by Crippen LogP contribution is 2.35. The first-order chi connectivity index (χ1) is 9.60. The molecule has 110 valence electrons. The summed E-state index contributed by atoms with van der Waals surface area (Å²) in [6.07, 6.45) is 2.28. The van der Waals surface area contributed by atoms with Gasteiger partial charge in [-0.3, -0.25) is 0 Å². The van der Waals surface area contributed by atoms with Crippen molar-refractivity contribution in [2.45, 2.75) is 59.4 Å². The number of hydrogen-bond donors (Lipinski definition) is 1.